The average Bonchev–Trinajstić information content (AvgIpc) is 1.83. The molecule has 10 heterocycles. The van der Waals surface area contributed by atoms with Crippen molar-refractivity contribution in [3.8, 4) is 12.1 Å². The molecule has 0 saturated heterocycles. The Hall–Kier alpha value is -6.87. The first kappa shape index (κ1) is 82.1. The van der Waals surface area contributed by atoms with Crippen LogP contribution in [0.3, 0.4) is 0 Å². The summed E-state index contributed by atoms with van der Waals surface area (Å²) in [5.74, 6) is -0.126. The molecule has 10 rings (SSSR count). The fraction of sp³-hybridized carbons (Fsp3) is 0.271. The first-order valence-electron chi connectivity index (χ1n) is 24.1. The molecule has 10 aromatic rings. The van der Waals surface area contributed by atoms with Crippen molar-refractivity contribution in [1.29, 1.82) is 15.9 Å². The third-order valence-electron chi connectivity index (χ3n) is 9.31. The number of ether oxygens (including phenoxy) is 2. The van der Waals surface area contributed by atoms with Crippen LogP contribution >= 0.6 is 144 Å². The molecule has 0 unspecified atom stereocenters. The molecule has 10 aromatic heterocycles. The number of fused-ring (bicyclic) bond motifs is 4. The van der Waals surface area contributed by atoms with Crippen LogP contribution in [-0.2, 0) is 18.8 Å². The third-order valence-corrected chi connectivity index (χ3v) is 13.7. The van der Waals surface area contributed by atoms with Crippen LogP contribution in [0.5, 0.6) is 0 Å². The zero-order valence-electron chi connectivity index (χ0n) is 48.6. The largest absolute Gasteiger partial charge is 0.512 e. The first-order valence-corrected chi connectivity index (χ1v) is 37.3. The van der Waals surface area contributed by atoms with Crippen LogP contribution in [0.25, 0.3) is 49.0 Å². The van der Waals surface area contributed by atoms with Crippen LogP contribution in [0.15, 0.2) is 86.0 Å². The quantitative estimate of drug-likeness (QED) is 0.00568. The van der Waals surface area contributed by atoms with Crippen molar-refractivity contribution >= 4 is 205 Å². The minimum atomic E-state index is -3.22. The number of H-pyrrole nitrogens is 5. The van der Waals surface area contributed by atoms with Crippen LogP contribution in [-0.4, -0.2) is 162 Å². The fourth-order valence-corrected chi connectivity index (χ4v) is 7.63. The Kier molecular flexibility index (Phi) is 40.3. The number of amidine groups is 1. The maximum absolute atomic E-state index is 10.9. The molecule has 0 spiro atoms. The smallest absolute Gasteiger partial charge is 0.339 e. The van der Waals surface area contributed by atoms with E-state index in [0.717, 1.165) is 70.1 Å². The second kappa shape index (κ2) is 44.6. The molecule has 0 aromatic carbocycles. The molecule has 10 N–H and O–H groups in total. The highest BCUT2D eigenvalue weighted by Gasteiger charge is 2.11. The molecule has 0 amide bonds. The van der Waals surface area contributed by atoms with Crippen LogP contribution < -0.4 is 17.0 Å². The highest BCUT2D eigenvalue weighted by atomic mass is 127. The molecule has 0 bridgehead atoms. The van der Waals surface area contributed by atoms with Crippen LogP contribution in [0.4, 0.5) is 5.82 Å². The molecule has 43 heteroatoms. The van der Waals surface area contributed by atoms with E-state index >= 15 is 0 Å². The van der Waals surface area contributed by atoms with Crippen molar-refractivity contribution in [3.63, 3.8) is 0 Å². The van der Waals surface area contributed by atoms with E-state index in [1.165, 1.54) is 89.3 Å². The molecule has 0 radical (unpaired) electrons. The summed E-state index contributed by atoms with van der Waals surface area (Å²) in [7, 11) is 0. The van der Waals surface area contributed by atoms with Gasteiger partial charge < -0.3 is 25.9 Å². The number of halogens is 5. The average molecular weight is 1570 g/mol. The Morgan fingerprint density at radius 2 is 1.16 bits per heavy atom. The zero-order chi connectivity index (χ0) is 67.3. The van der Waals surface area contributed by atoms with Crippen molar-refractivity contribution < 1.29 is 18.8 Å². The fourth-order valence-electron chi connectivity index (χ4n) is 5.21. The molecular weight excluding hydrogens is 1510 g/mol. The number of carbonyl (C=O) groups excluding carboxylic acids is 1. The predicted octanol–water partition coefficient (Wildman–Crippen LogP) is 11.5. The van der Waals surface area contributed by atoms with Gasteiger partial charge in [-0.1, -0.05) is 89.6 Å². The Bertz CT molecular complexity index is 4000. The van der Waals surface area contributed by atoms with E-state index in [0.29, 0.717) is 39.1 Å². The highest BCUT2D eigenvalue weighted by Crippen LogP contribution is 2.61. The summed E-state index contributed by atoms with van der Waals surface area (Å²) in [5, 5.41) is 54.6. The number of nitriles is 2. The highest BCUT2D eigenvalue weighted by molar-refractivity contribution is 14.1. The zero-order valence-corrected chi connectivity index (χ0v) is 59.5. The van der Waals surface area contributed by atoms with Gasteiger partial charge in [-0.25, -0.2) is 59.7 Å². The van der Waals surface area contributed by atoms with Crippen molar-refractivity contribution in [2.45, 2.75) is 60.9 Å². The van der Waals surface area contributed by atoms with E-state index in [1.807, 2.05) is 44.9 Å². The molecule has 0 aliphatic heterocycles. The molecule has 31 nitrogen and oxygen atoms in total. The summed E-state index contributed by atoms with van der Waals surface area (Å²) < 4.78 is 19.9. The van der Waals surface area contributed by atoms with Gasteiger partial charge in [0.15, 0.2) is 58.7 Å². The van der Waals surface area contributed by atoms with Crippen LogP contribution in [0.1, 0.15) is 43.8 Å². The van der Waals surface area contributed by atoms with E-state index in [-0.39, 0.29) is 41.2 Å². The molecule has 0 aliphatic carbocycles. The van der Waals surface area contributed by atoms with Gasteiger partial charge in [-0.15, -0.1) is 0 Å². The standard InChI is InChI=1S/C8H11NO3.C7H8N4S.C6H4ClN3S.C6H5IN4S.C6H7N5S.C6H6N4.C6H5N3OS.C2H6N2S.CH4.Cl3OP/c1-4-11-6-7(9-3)8(10)12-5-2;1-4-5-3-8-7(12-2)9-6(5)11-10-4;1-11-6-9-3-4(2-8)5(7)10-6;2*1-12-6-8-2-3-4(7)10-11-5(3)9-6;1-4-5-2-7-3-8-6(5)10-9-4;1-11-6-8-3-4(2-7)5(10)9-6;1-5-2(3)4;;1-5(2,3)4/h6H,4-5H2,1-2H3;3H,1-2H3,(H,8,9,10,11);3H,1H3;2H,1H3,(H,8,9,10,11);2H,1H3,(H3,7,8,9,10,11);2-3H,1H3,(H,7,8,9,10);3H,1H3,(H,8,9,10);1H3,(H3,3,4);1H4;/b7-6+;;;;;;;;;. The monoisotopic (exact) mass is 1570 g/mol. The topological polar surface area (TPSA) is 470 Å². The van der Waals surface area contributed by atoms with Crippen LogP contribution in [0, 0.1) is 52.2 Å². The van der Waals surface area contributed by atoms with Gasteiger partial charge in [-0.2, -0.15) is 30.9 Å². The number of rotatable bonds is 9. The van der Waals surface area contributed by atoms with Crippen molar-refractivity contribution in [3.05, 3.63) is 109 Å². The van der Waals surface area contributed by atoms with E-state index in [1.54, 1.807) is 57.2 Å². The summed E-state index contributed by atoms with van der Waals surface area (Å²) in [6, 6.07) is 3.61. The summed E-state index contributed by atoms with van der Waals surface area (Å²) in [6.45, 7) is 14.7. The Morgan fingerprint density at radius 3 is 1.63 bits per heavy atom. The van der Waals surface area contributed by atoms with Gasteiger partial charge in [0.1, 0.15) is 39.1 Å². The number of anilines is 1. The lowest BCUT2D eigenvalue weighted by Gasteiger charge is -1.99. The molecule has 0 fully saturated rings. The molecule has 484 valence electrons. The maximum Gasteiger partial charge on any atom is 0.339 e. The maximum atomic E-state index is 10.9. The van der Waals surface area contributed by atoms with E-state index in [2.05, 4.69) is 166 Å². The molecule has 0 atom stereocenters. The number of nitrogens with two attached hydrogens (primary N) is 2. The van der Waals surface area contributed by atoms with Gasteiger partial charge in [-0.05, 0) is 122 Å². The summed E-state index contributed by atoms with van der Waals surface area (Å²) >= 11 is 30.1. The minimum Gasteiger partial charge on any atom is -0.512 e. The number of nitrogen functional groups attached to an aromatic ring is 1. The Labute approximate surface area is 579 Å². The van der Waals surface area contributed by atoms with Crippen molar-refractivity contribution in [2.75, 3.05) is 56.5 Å². The first-order chi connectivity index (χ1) is 42.9. The van der Waals surface area contributed by atoms with Crippen molar-refractivity contribution in [2.24, 2.45) is 5.73 Å². The normalized spacial score (nSPS) is 10.0. The van der Waals surface area contributed by atoms with Gasteiger partial charge in [0.05, 0.1) is 60.0 Å². The number of nitrogens with zero attached hydrogens (tertiary/aromatic N) is 18. The Balaban J connectivity index is 0.000000517. The van der Waals surface area contributed by atoms with E-state index < -0.39 is 11.2 Å². The van der Waals surface area contributed by atoms with Crippen LogP contribution in [0.2, 0.25) is 5.15 Å². The lowest BCUT2D eigenvalue weighted by molar-refractivity contribution is -0.138. The number of hydrogen-bond acceptors (Lipinski definition) is 30. The van der Waals surface area contributed by atoms with Gasteiger partial charge in [0.2, 0.25) is 0 Å². The third kappa shape index (κ3) is 30.4. The lowest BCUT2D eigenvalue weighted by Crippen LogP contribution is -2.11. The molecule has 0 aliphatic rings. The van der Waals surface area contributed by atoms with E-state index in [4.69, 9.17) is 50.3 Å². The summed E-state index contributed by atoms with van der Waals surface area (Å²) in [5.41, 5.74) is 15.1. The number of thioether (sulfide) groups is 6. The second-order valence-electron chi connectivity index (χ2n) is 15.1. The molecule has 0 saturated carbocycles. The number of nitrogens with one attached hydrogen (secondary N) is 6. The lowest BCUT2D eigenvalue weighted by atomic mass is 10.3. The minimum absolute atomic E-state index is 0. The molecular formula is C48H56Cl4IN26O5PS6. The van der Waals surface area contributed by atoms with Crippen molar-refractivity contribution in [1.82, 2.24) is 101 Å². The number of aryl methyl sites for hydroxylation is 2. The van der Waals surface area contributed by atoms with Gasteiger partial charge >= 0.3 is 16.9 Å². The number of aromatic amines is 5. The Morgan fingerprint density at radius 1 is 0.714 bits per heavy atom. The van der Waals surface area contributed by atoms with E-state index in [9.17, 15) is 14.2 Å². The van der Waals surface area contributed by atoms with Gasteiger partial charge in [-0.3, -0.25) is 40.0 Å². The predicted molar refractivity (Wildman–Crippen MR) is 374 cm³/mol. The number of hydrogen-bond donors (Lipinski definition) is 8. The summed E-state index contributed by atoms with van der Waals surface area (Å²) in [4.78, 5) is 71.5. The van der Waals surface area contributed by atoms with Gasteiger partial charge in [0, 0.05) is 36.2 Å². The SMILES string of the molecule is C.CSC(=N)N.CSc1ncc(C#N)c(=O)[nH]1.CSc1ncc(C#N)c(Cl)n1.CSc1ncc2c(C)[nH]nc2n1.CSc1ncc2c(I)[nH]nc2n1.CSc1ncc2c(N)[nH]nc2n1.Cc1[nH]nc2ncncc12.O=P(Cl)(Cl)Cl.[C-]#[N+]/C(=C/OCC)C(=O)OCC. The number of aromatic nitrogens is 20. The van der Waals surface area contributed by atoms with Gasteiger partial charge in [0.25, 0.3) is 5.56 Å². The molecule has 91 heavy (non-hydrogen) atoms. The number of esters is 1. The summed E-state index contributed by atoms with van der Waals surface area (Å²) in [6.07, 6.45) is 23.5. The number of carbonyl (C=O) groups is 1. The second-order valence-corrected chi connectivity index (χ2v) is 27.9.